The van der Waals surface area contributed by atoms with Gasteiger partial charge in [0.25, 0.3) is 0 Å². The molecule has 0 aliphatic heterocycles. The molecule has 10 heteroatoms. The number of aromatic nitrogens is 5. The third-order valence-corrected chi connectivity index (χ3v) is 7.10. The minimum atomic E-state index is -0.0598. The van der Waals surface area contributed by atoms with Crippen LogP contribution in [0.4, 0.5) is 10.8 Å². The van der Waals surface area contributed by atoms with Crippen LogP contribution in [0, 0.1) is 13.8 Å². The van der Waals surface area contributed by atoms with E-state index in [1.54, 1.807) is 27.8 Å². The molecule has 0 bridgehead atoms. The van der Waals surface area contributed by atoms with Gasteiger partial charge in [0.2, 0.25) is 11.1 Å². The lowest BCUT2D eigenvalue weighted by molar-refractivity contribution is -0.115. The number of tetrazole rings is 1. The highest BCUT2D eigenvalue weighted by atomic mass is 32.2. The van der Waals surface area contributed by atoms with Crippen LogP contribution < -0.4 is 4.90 Å². The molecule has 1 amide bonds. The summed E-state index contributed by atoms with van der Waals surface area (Å²) in [5, 5.41) is 17.5. The van der Waals surface area contributed by atoms with Crippen molar-refractivity contribution in [2.45, 2.75) is 38.2 Å². The Morgan fingerprint density at radius 2 is 2.10 bits per heavy atom. The number of thiazole rings is 1. The quantitative estimate of drug-likeness (QED) is 0.371. The van der Waals surface area contributed by atoms with Crippen molar-refractivity contribution in [3.8, 4) is 0 Å². The molecule has 4 aromatic rings. The summed E-state index contributed by atoms with van der Waals surface area (Å²) in [6.45, 7) is 6.27. The van der Waals surface area contributed by atoms with E-state index < -0.39 is 0 Å². The van der Waals surface area contributed by atoms with Crippen molar-refractivity contribution in [2.75, 3.05) is 4.90 Å². The summed E-state index contributed by atoms with van der Waals surface area (Å²) < 4.78 is 1.79. The van der Waals surface area contributed by atoms with Gasteiger partial charge in [-0.05, 0) is 47.4 Å². The molecule has 0 radical (unpaired) electrons. The van der Waals surface area contributed by atoms with Gasteiger partial charge in [0, 0.05) is 22.9 Å². The van der Waals surface area contributed by atoms with Gasteiger partial charge in [0.1, 0.15) is 0 Å². The maximum Gasteiger partial charge on any atom is 0.230 e. The van der Waals surface area contributed by atoms with Gasteiger partial charge in [-0.1, -0.05) is 35.5 Å². The fourth-order valence-electron chi connectivity index (χ4n) is 3.02. The van der Waals surface area contributed by atoms with Crippen molar-refractivity contribution in [2.24, 2.45) is 0 Å². The Kier molecular flexibility index (Phi) is 6.26. The molecule has 0 N–H and O–H groups in total. The highest BCUT2D eigenvalue weighted by Gasteiger charge is 2.20. The van der Waals surface area contributed by atoms with E-state index in [1.165, 1.54) is 28.0 Å². The molecule has 7 nitrogen and oxygen atoms in total. The standard InChI is InChI=1S/C20H20N6OS3/c1-13-6-7-18(14(2)9-13)26(15(3)27)19-21-16(11-29-19)12-30-20-22-23-24-25(20)10-17-5-4-8-28-17/h4-9,11H,10,12H2,1-3H3. The molecule has 0 saturated heterocycles. The first kappa shape index (κ1) is 20.7. The summed E-state index contributed by atoms with van der Waals surface area (Å²) in [5.41, 5.74) is 3.96. The predicted molar refractivity (Wildman–Crippen MR) is 122 cm³/mol. The smallest absolute Gasteiger partial charge is 0.230 e. The summed E-state index contributed by atoms with van der Waals surface area (Å²) in [6, 6.07) is 10.1. The molecule has 0 saturated carbocycles. The number of thiophene rings is 1. The third kappa shape index (κ3) is 4.61. The van der Waals surface area contributed by atoms with Crippen LogP contribution in [0.15, 0.2) is 46.2 Å². The molecule has 0 fully saturated rings. The molecular weight excluding hydrogens is 436 g/mol. The van der Waals surface area contributed by atoms with E-state index in [0.29, 0.717) is 17.4 Å². The molecule has 3 heterocycles. The maximum absolute atomic E-state index is 12.4. The van der Waals surface area contributed by atoms with Gasteiger partial charge in [-0.3, -0.25) is 9.69 Å². The zero-order valence-corrected chi connectivity index (χ0v) is 19.2. The Morgan fingerprint density at radius 3 is 2.83 bits per heavy atom. The van der Waals surface area contributed by atoms with Gasteiger partial charge < -0.3 is 0 Å². The summed E-state index contributed by atoms with van der Waals surface area (Å²) in [7, 11) is 0. The molecule has 4 rings (SSSR count). The Balaban J connectivity index is 1.49. The number of rotatable bonds is 7. The van der Waals surface area contributed by atoms with E-state index >= 15 is 0 Å². The molecule has 0 aliphatic rings. The lowest BCUT2D eigenvalue weighted by Crippen LogP contribution is -2.23. The van der Waals surface area contributed by atoms with Crippen LogP contribution in [0.1, 0.15) is 28.6 Å². The normalized spacial score (nSPS) is 11.0. The lowest BCUT2D eigenvalue weighted by atomic mass is 10.1. The van der Waals surface area contributed by atoms with Crippen molar-refractivity contribution >= 4 is 51.2 Å². The van der Waals surface area contributed by atoms with Crippen molar-refractivity contribution < 1.29 is 4.79 Å². The Bertz CT molecular complexity index is 1150. The van der Waals surface area contributed by atoms with Crippen LogP contribution in [0.25, 0.3) is 0 Å². The van der Waals surface area contributed by atoms with Crippen LogP contribution in [0.5, 0.6) is 0 Å². The molecule has 0 atom stereocenters. The monoisotopic (exact) mass is 456 g/mol. The van der Waals surface area contributed by atoms with E-state index in [0.717, 1.165) is 27.7 Å². The van der Waals surface area contributed by atoms with E-state index in [9.17, 15) is 4.79 Å². The first-order valence-corrected chi connectivity index (χ1v) is 12.0. The van der Waals surface area contributed by atoms with Gasteiger partial charge in [0.15, 0.2) is 5.13 Å². The van der Waals surface area contributed by atoms with E-state index in [-0.39, 0.29) is 5.91 Å². The van der Waals surface area contributed by atoms with E-state index in [1.807, 2.05) is 42.8 Å². The van der Waals surface area contributed by atoms with Crippen molar-refractivity contribution in [1.82, 2.24) is 25.2 Å². The number of benzene rings is 1. The highest BCUT2D eigenvalue weighted by molar-refractivity contribution is 7.98. The number of amides is 1. The van der Waals surface area contributed by atoms with Gasteiger partial charge in [-0.2, -0.15) is 0 Å². The SMILES string of the molecule is CC(=O)N(c1nc(CSc2nnnn2Cc2cccs2)cs1)c1ccc(C)cc1C. The van der Waals surface area contributed by atoms with Crippen molar-refractivity contribution in [3.63, 3.8) is 0 Å². The number of aryl methyl sites for hydroxylation is 2. The summed E-state index contributed by atoms with van der Waals surface area (Å²) >= 11 is 4.68. The van der Waals surface area contributed by atoms with Gasteiger partial charge in [-0.25, -0.2) is 9.67 Å². The molecule has 0 aliphatic carbocycles. The topological polar surface area (TPSA) is 76.8 Å². The average molecular weight is 457 g/mol. The Hall–Kier alpha value is -2.56. The third-order valence-electron chi connectivity index (χ3n) is 4.37. The predicted octanol–water partition coefficient (Wildman–Crippen LogP) is 4.83. The van der Waals surface area contributed by atoms with Crippen LogP contribution in [-0.2, 0) is 17.1 Å². The van der Waals surface area contributed by atoms with E-state index in [2.05, 4.69) is 27.7 Å². The zero-order chi connectivity index (χ0) is 21.1. The number of carbonyl (C=O) groups excluding carboxylic acids is 1. The second-order valence-corrected chi connectivity index (χ2v) is 9.56. The second-order valence-electron chi connectivity index (χ2n) is 6.75. The number of hydrogen-bond donors (Lipinski definition) is 0. The number of nitrogens with zero attached hydrogens (tertiary/aromatic N) is 6. The molecule has 1 aromatic carbocycles. The minimum absolute atomic E-state index is 0.0598. The van der Waals surface area contributed by atoms with Crippen LogP contribution >= 0.6 is 34.4 Å². The molecule has 0 spiro atoms. The second kappa shape index (κ2) is 9.07. The number of thioether (sulfide) groups is 1. The van der Waals surface area contributed by atoms with Crippen molar-refractivity contribution in [3.05, 3.63) is 62.8 Å². The van der Waals surface area contributed by atoms with E-state index in [4.69, 9.17) is 4.98 Å². The fourth-order valence-corrected chi connectivity index (χ4v) is 5.46. The zero-order valence-electron chi connectivity index (χ0n) is 16.8. The average Bonchev–Trinajstić information content (AvgIpc) is 3.45. The fraction of sp³-hybridized carbons (Fsp3) is 0.250. The Labute approximate surface area is 186 Å². The molecule has 0 unspecified atom stereocenters. The molecule has 30 heavy (non-hydrogen) atoms. The largest absolute Gasteiger partial charge is 0.274 e. The first-order valence-electron chi connectivity index (χ1n) is 9.25. The summed E-state index contributed by atoms with van der Waals surface area (Å²) in [4.78, 5) is 20.0. The first-order chi connectivity index (χ1) is 14.5. The maximum atomic E-state index is 12.4. The van der Waals surface area contributed by atoms with Crippen LogP contribution in [-0.4, -0.2) is 31.1 Å². The summed E-state index contributed by atoms with van der Waals surface area (Å²) in [5.74, 6) is 0.565. The number of hydrogen-bond acceptors (Lipinski definition) is 8. The molecule has 3 aromatic heterocycles. The Morgan fingerprint density at radius 1 is 1.23 bits per heavy atom. The van der Waals surface area contributed by atoms with Gasteiger partial charge >= 0.3 is 0 Å². The molecule has 154 valence electrons. The molecular formula is C20H20N6OS3. The number of carbonyl (C=O) groups is 1. The van der Waals surface area contributed by atoms with Gasteiger partial charge in [-0.15, -0.1) is 27.8 Å². The van der Waals surface area contributed by atoms with Crippen molar-refractivity contribution in [1.29, 1.82) is 0 Å². The number of anilines is 2. The van der Waals surface area contributed by atoms with Gasteiger partial charge in [0.05, 0.1) is 17.9 Å². The lowest BCUT2D eigenvalue weighted by Gasteiger charge is -2.20. The minimum Gasteiger partial charge on any atom is -0.274 e. The highest BCUT2D eigenvalue weighted by Crippen LogP contribution is 2.33. The summed E-state index contributed by atoms with van der Waals surface area (Å²) in [6.07, 6.45) is 0. The van der Waals surface area contributed by atoms with Crippen LogP contribution in [0.2, 0.25) is 0 Å². The van der Waals surface area contributed by atoms with Crippen LogP contribution in [0.3, 0.4) is 0 Å².